The summed E-state index contributed by atoms with van der Waals surface area (Å²) in [6.45, 7) is 0.631. The number of aromatic amines is 1. The lowest BCUT2D eigenvalue weighted by Crippen LogP contribution is -2.00. The minimum absolute atomic E-state index is 0.275. The van der Waals surface area contributed by atoms with E-state index in [1.807, 2.05) is 24.3 Å². The van der Waals surface area contributed by atoms with Crippen LogP contribution in [0.15, 0.2) is 42.5 Å². The van der Waals surface area contributed by atoms with Gasteiger partial charge in [-0.1, -0.05) is 12.1 Å². The molecule has 0 aliphatic carbocycles. The maximum Gasteiger partial charge on any atom is 0.201 e. The molecule has 20 heavy (non-hydrogen) atoms. The summed E-state index contributed by atoms with van der Waals surface area (Å²) in [6.07, 6.45) is 0. The van der Waals surface area contributed by atoms with Crippen LogP contribution in [0, 0.1) is 5.82 Å². The summed E-state index contributed by atoms with van der Waals surface area (Å²) in [4.78, 5) is 7.39. The van der Waals surface area contributed by atoms with Crippen molar-refractivity contribution < 1.29 is 9.13 Å². The molecule has 0 aliphatic rings. The van der Waals surface area contributed by atoms with Gasteiger partial charge in [-0.2, -0.15) is 0 Å². The average Bonchev–Trinajstić information content (AvgIpc) is 2.87. The van der Waals surface area contributed by atoms with Crippen LogP contribution >= 0.6 is 0 Å². The molecule has 0 bridgehead atoms. The number of rotatable bonds is 4. The molecular weight excluding hydrogens is 257 g/mol. The molecule has 0 aliphatic heterocycles. The van der Waals surface area contributed by atoms with Gasteiger partial charge in [-0.15, -0.1) is 0 Å². The smallest absolute Gasteiger partial charge is 0.201 e. The fourth-order valence-corrected chi connectivity index (χ4v) is 1.99. The second kappa shape index (κ2) is 5.21. The quantitative estimate of drug-likeness (QED) is 0.765. The summed E-state index contributed by atoms with van der Waals surface area (Å²) in [5.41, 5.74) is 2.53. The maximum atomic E-state index is 13.1. The highest BCUT2D eigenvalue weighted by Crippen LogP contribution is 2.16. The lowest BCUT2D eigenvalue weighted by Gasteiger charge is -2.04. The van der Waals surface area contributed by atoms with Crippen molar-refractivity contribution in [1.29, 1.82) is 0 Å². The molecule has 4 nitrogen and oxygen atoms in total. The Morgan fingerprint density at radius 2 is 2.00 bits per heavy atom. The zero-order valence-corrected chi connectivity index (χ0v) is 11.0. The molecule has 5 heteroatoms. The van der Waals surface area contributed by atoms with Crippen molar-refractivity contribution >= 4 is 17.0 Å². The van der Waals surface area contributed by atoms with Gasteiger partial charge in [0.2, 0.25) is 5.95 Å². The normalized spacial score (nSPS) is 10.7. The lowest BCUT2D eigenvalue weighted by molar-refractivity contribution is 0.414. The summed E-state index contributed by atoms with van der Waals surface area (Å²) in [5.74, 6) is 1.18. The Bertz CT molecular complexity index is 722. The molecule has 2 N–H and O–H groups in total. The molecule has 3 rings (SSSR count). The zero-order chi connectivity index (χ0) is 13.9. The number of ether oxygens (including phenoxy) is 1. The molecule has 0 saturated carbocycles. The van der Waals surface area contributed by atoms with Gasteiger partial charge in [0.15, 0.2) is 0 Å². The minimum atomic E-state index is -0.275. The highest BCUT2D eigenvalue weighted by Gasteiger charge is 2.03. The zero-order valence-electron chi connectivity index (χ0n) is 11.0. The van der Waals surface area contributed by atoms with Crippen molar-refractivity contribution in [2.24, 2.45) is 0 Å². The van der Waals surface area contributed by atoms with Crippen LogP contribution in [-0.2, 0) is 6.54 Å². The van der Waals surface area contributed by atoms with Crippen LogP contribution in [-0.4, -0.2) is 17.1 Å². The van der Waals surface area contributed by atoms with Gasteiger partial charge in [0, 0.05) is 6.54 Å². The number of benzene rings is 2. The van der Waals surface area contributed by atoms with Gasteiger partial charge in [0.05, 0.1) is 18.1 Å². The maximum absolute atomic E-state index is 13.1. The second-order valence-corrected chi connectivity index (χ2v) is 4.45. The molecule has 0 saturated heterocycles. The number of nitrogens with one attached hydrogen (secondary N) is 2. The van der Waals surface area contributed by atoms with Gasteiger partial charge < -0.3 is 15.0 Å². The van der Waals surface area contributed by atoms with Crippen molar-refractivity contribution in [3.8, 4) is 5.75 Å². The van der Waals surface area contributed by atoms with Crippen molar-refractivity contribution in [3.05, 3.63) is 53.8 Å². The van der Waals surface area contributed by atoms with Gasteiger partial charge in [-0.05, 0) is 35.9 Å². The molecule has 102 valence electrons. The summed E-state index contributed by atoms with van der Waals surface area (Å²) >= 11 is 0. The first-order valence-electron chi connectivity index (χ1n) is 6.27. The Morgan fingerprint density at radius 3 is 2.75 bits per heavy atom. The van der Waals surface area contributed by atoms with E-state index >= 15 is 0 Å². The molecule has 1 heterocycles. The van der Waals surface area contributed by atoms with Gasteiger partial charge in [0.1, 0.15) is 11.6 Å². The topological polar surface area (TPSA) is 49.9 Å². The molecule has 0 radical (unpaired) electrons. The molecule has 0 atom stereocenters. The third kappa shape index (κ3) is 2.56. The lowest BCUT2D eigenvalue weighted by atomic mass is 10.2. The first kappa shape index (κ1) is 12.5. The summed E-state index contributed by atoms with van der Waals surface area (Å²) < 4.78 is 18.2. The Hall–Kier alpha value is -2.56. The number of nitrogens with zero attached hydrogens (tertiary/aromatic N) is 1. The molecule has 0 unspecified atom stereocenters. The van der Waals surface area contributed by atoms with Crippen LogP contribution in [0.1, 0.15) is 5.56 Å². The van der Waals surface area contributed by atoms with Crippen molar-refractivity contribution in [2.45, 2.75) is 6.54 Å². The number of imidazole rings is 1. The number of halogens is 1. The van der Waals surface area contributed by atoms with Crippen LogP contribution in [0.4, 0.5) is 10.3 Å². The van der Waals surface area contributed by atoms with E-state index in [-0.39, 0.29) is 5.82 Å². The number of H-pyrrole nitrogens is 1. The Kier molecular flexibility index (Phi) is 3.25. The molecule has 0 spiro atoms. The van der Waals surface area contributed by atoms with Crippen molar-refractivity contribution in [3.63, 3.8) is 0 Å². The number of aromatic nitrogens is 2. The third-order valence-electron chi connectivity index (χ3n) is 3.06. The SMILES string of the molecule is COc1ccc(CNc2nc3ccc(F)cc3[nH]2)cc1. The Labute approximate surface area is 115 Å². The molecule has 3 aromatic rings. The van der Waals surface area contributed by atoms with E-state index in [2.05, 4.69) is 15.3 Å². The van der Waals surface area contributed by atoms with E-state index in [1.54, 1.807) is 13.2 Å². The third-order valence-corrected chi connectivity index (χ3v) is 3.06. The van der Waals surface area contributed by atoms with E-state index in [1.165, 1.54) is 12.1 Å². The van der Waals surface area contributed by atoms with Gasteiger partial charge >= 0.3 is 0 Å². The second-order valence-electron chi connectivity index (χ2n) is 4.45. The minimum Gasteiger partial charge on any atom is -0.497 e. The predicted octanol–water partition coefficient (Wildman–Crippen LogP) is 3.32. The molecule has 2 aromatic carbocycles. The fourth-order valence-electron chi connectivity index (χ4n) is 1.99. The number of hydrogen-bond donors (Lipinski definition) is 2. The largest absolute Gasteiger partial charge is 0.497 e. The highest BCUT2D eigenvalue weighted by atomic mass is 19.1. The monoisotopic (exact) mass is 271 g/mol. The van der Waals surface area contributed by atoms with E-state index in [0.29, 0.717) is 18.0 Å². The fraction of sp³-hybridized carbons (Fsp3) is 0.133. The standard InChI is InChI=1S/C15H14FN3O/c1-20-12-5-2-10(3-6-12)9-17-15-18-13-7-4-11(16)8-14(13)19-15/h2-8H,9H2,1H3,(H2,17,18,19). The van der Waals surface area contributed by atoms with Crippen molar-refractivity contribution in [1.82, 2.24) is 9.97 Å². The van der Waals surface area contributed by atoms with Gasteiger partial charge in [-0.3, -0.25) is 0 Å². The number of hydrogen-bond acceptors (Lipinski definition) is 3. The van der Waals surface area contributed by atoms with Crippen LogP contribution in [0.5, 0.6) is 5.75 Å². The summed E-state index contributed by atoms with van der Waals surface area (Å²) in [6, 6.07) is 12.3. The van der Waals surface area contributed by atoms with E-state index in [0.717, 1.165) is 16.8 Å². The number of fused-ring (bicyclic) bond motifs is 1. The average molecular weight is 271 g/mol. The van der Waals surface area contributed by atoms with Crippen LogP contribution in [0.3, 0.4) is 0 Å². The van der Waals surface area contributed by atoms with Crippen molar-refractivity contribution in [2.75, 3.05) is 12.4 Å². The highest BCUT2D eigenvalue weighted by molar-refractivity contribution is 5.77. The van der Waals surface area contributed by atoms with Crippen LogP contribution in [0.2, 0.25) is 0 Å². The summed E-state index contributed by atoms with van der Waals surface area (Å²) in [5, 5.41) is 3.18. The Morgan fingerprint density at radius 1 is 1.20 bits per heavy atom. The predicted molar refractivity (Wildman–Crippen MR) is 76.4 cm³/mol. The van der Waals surface area contributed by atoms with Crippen LogP contribution in [0.25, 0.3) is 11.0 Å². The van der Waals surface area contributed by atoms with Crippen LogP contribution < -0.4 is 10.1 Å². The number of methoxy groups -OCH3 is 1. The van der Waals surface area contributed by atoms with E-state index in [9.17, 15) is 4.39 Å². The van der Waals surface area contributed by atoms with E-state index in [4.69, 9.17) is 4.74 Å². The van der Waals surface area contributed by atoms with E-state index < -0.39 is 0 Å². The first-order valence-corrected chi connectivity index (χ1v) is 6.27. The molecule has 0 fully saturated rings. The number of anilines is 1. The molecule has 0 amide bonds. The van der Waals surface area contributed by atoms with Gasteiger partial charge in [-0.25, -0.2) is 9.37 Å². The first-order chi connectivity index (χ1) is 9.74. The summed E-state index contributed by atoms with van der Waals surface area (Å²) in [7, 11) is 1.64. The Balaban J connectivity index is 1.72. The molecular formula is C15H14FN3O. The molecule has 1 aromatic heterocycles. The van der Waals surface area contributed by atoms with Gasteiger partial charge in [0.25, 0.3) is 0 Å².